The topological polar surface area (TPSA) is 110 Å². The number of benzene rings is 3. The molecule has 0 aliphatic carbocycles. The second-order valence-corrected chi connectivity index (χ2v) is 13.1. The summed E-state index contributed by atoms with van der Waals surface area (Å²) in [7, 11) is 0. The molecule has 22 heteroatoms. The summed E-state index contributed by atoms with van der Waals surface area (Å²) in [6.45, 7) is 0. The Kier molecular flexibility index (Phi) is 9.78. The van der Waals surface area contributed by atoms with E-state index in [0.29, 0.717) is 12.2 Å². The quantitative estimate of drug-likeness (QED) is 0.105. The Morgan fingerprint density at radius 3 is 1.34 bits per heavy atom. The minimum atomic E-state index is -2.67. The first kappa shape index (κ1) is 41.3. The second-order valence-electron chi connectivity index (χ2n) is 13.1. The van der Waals surface area contributed by atoms with Crippen LogP contribution in [0.3, 0.4) is 0 Å². The zero-order chi connectivity index (χ0) is 45.0. The summed E-state index contributed by atoms with van der Waals surface area (Å²) in [6.07, 6.45) is 0.995. The Morgan fingerprint density at radius 2 is 0.871 bits per heavy atom. The summed E-state index contributed by atoms with van der Waals surface area (Å²) in [5, 5.41) is 31.1. The fourth-order valence-corrected chi connectivity index (χ4v) is 7.16. The molecule has 3 aromatic rings. The minimum Gasteiger partial charge on any atom is -0.515 e. The highest BCUT2D eigenvalue weighted by molar-refractivity contribution is 6.40. The summed E-state index contributed by atoms with van der Waals surface area (Å²) in [5.74, 6) is -38.6. The molecule has 0 unspecified atom stereocenters. The van der Waals surface area contributed by atoms with Crippen molar-refractivity contribution >= 4 is 39.6 Å². The van der Waals surface area contributed by atoms with Crippen LogP contribution in [0.5, 0.6) is 0 Å². The Morgan fingerprint density at radius 1 is 0.419 bits per heavy atom. The largest absolute Gasteiger partial charge is 0.515 e. The average Bonchev–Trinajstić information content (AvgIpc) is 4.09. The summed E-state index contributed by atoms with van der Waals surface area (Å²) < 4.78 is 227. The van der Waals surface area contributed by atoms with E-state index in [0.717, 1.165) is 6.08 Å². The fraction of sp³-hybridized carbons (Fsp3) is 0.0500. The highest BCUT2D eigenvalue weighted by atomic mass is 19.2. The number of aliphatic imine (C=N–C) groups is 4. The molecule has 0 spiro atoms. The molecule has 0 aromatic heterocycles. The maximum Gasteiger partial charge on any atom is 0.200 e. The van der Waals surface area contributed by atoms with Crippen molar-refractivity contribution in [1.29, 1.82) is 0 Å². The Balaban J connectivity index is 1.61. The van der Waals surface area contributed by atoms with Gasteiger partial charge < -0.3 is 15.3 Å². The molecule has 0 saturated heterocycles. The average molecular weight is 883 g/mol. The summed E-state index contributed by atoms with van der Waals surface area (Å²) in [4.78, 5) is 16.2. The molecule has 8 bridgehead atoms. The lowest BCUT2D eigenvalue weighted by Gasteiger charge is -2.16. The van der Waals surface area contributed by atoms with Gasteiger partial charge in [0.25, 0.3) is 0 Å². The van der Waals surface area contributed by atoms with Crippen molar-refractivity contribution in [3.05, 3.63) is 180 Å². The van der Waals surface area contributed by atoms with Crippen molar-refractivity contribution in [2.24, 2.45) is 20.0 Å². The smallest absolute Gasteiger partial charge is 0.200 e. The third-order valence-electron chi connectivity index (χ3n) is 9.91. The van der Waals surface area contributed by atoms with Crippen molar-refractivity contribution < 1.29 is 81.2 Å². The minimum absolute atomic E-state index is 0.0968. The number of hydrogen-bond acceptors (Lipinski definition) is 7. The van der Waals surface area contributed by atoms with Crippen molar-refractivity contribution in [2.75, 3.05) is 0 Å². The summed E-state index contributed by atoms with van der Waals surface area (Å²) in [6, 6.07) is 0. The lowest BCUT2D eigenvalue weighted by atomic mass is 9.91. The SMILES string of the molecule is O/C=C1\C=C2N=C1C(c1c(F)c(F)c(F)c(F)c1F)=C1C=CC(=N1)C(c1c(F)c(F)c(F)c(F)c1F)=C1CCC(=N1)C(c1c(F)c(F)c(F)c(F)c1F)=C1N=C2C(=C/O)/C1=C\O. The highest BCUT2D eigenvalue weighted by Crippen LogP contribution is 2.46. The van der Waals surface area contributed by atoms with Crippen LogP contribution < -0.4 is 0 Å². The van der Waals surface area contributed by atoms with Gasteiger partial charge in [0.1, 0.15) is 5.71 Å². The number of fused-ring (bicyclic) bond motifs is 5. The van der Waals surface area contributed by atoms with Gasteiger partial charge in [-0.3, -0.25) is 4.99 Å². The van der Waals surface area contributed by atoms with Gasteiger partial charge in [-0.2, -0.15) is 0 Å². The number of hydrogen-bond donors (Lipinski definition) is 3. The van der Waals surface area contributed by atoms with E-state index in [1.165, 1.54) is 0 Å². The predicted molar refractivity (Wildman–Crippen MR) is 188 cm³/mol. The van der Waals surface area contributed by atoms with Crippen LogP contribution in [-0.4, -0.2) is 38.2 Å². The van der Waals surface area contributed by atoms with Crippen LogP contribution in [-0.2, 0) is 0 Å². The molecule has 0 atom stereocenters. The molecule has 0 radical (unpaired) electrons. The fourth-order valence-electron chi connectivity index (χ4n) is 7.16. The van der Waals surface area contributed by atoms with Gasteiger partial charge in [0.2, 0.25) is 17.5 Å². The van der Waals surface area contributed by atoms with Gasteiger partial charge in [-0.15, -0.1) is 0 Å². The number of aliphatic hydroxyl groups excluding tert-OH is 3. The van der Waals surface area contributed by atoms with E-state index >= 15 is 26.3 Å². The Labute approximate surface area is 333 Å². The first-order chi connectivity index (χ1) is 29.4. The molecular weight excluding hydrogens is 869 g/mol. The number of rotatable bonds is 3. The van der Waals surface area contributed by atoms with E-state index in [9.17, 15) is 54.8 Å². The summed E-state index contributed by atoms with van der Waals surface area (Å²) in [5.41, 5.74) is -18.2. The molecule has 5 heterocycles. The van der Waals surface area contributed by atoms with Crippen molar-refractivity contribution in [1.82, 2.24) is 0 Å². The number of aliphatic hydroxyl groups is 3. The van der Waals surface area contributed by atoms with Crippen molar-refractivity contribution in [3.8, 4) is 0 Å². The van der Waals surface area contributed by atoms with Crippen molar-refractivity contribution in [3.63, 3.8) is 0 Å². The zero-order valence-electron chi connectivity index (χ0n) is 29.7. The monoisotopic (exact) mass is 882 g/mol. The van der Waals surface area contributed by atoms with Gasteiger partial charge in [0.15, 0.2) is 69.8 Å². The van der Waals surface area contributed by atoms with Crippen LogP contribution in [0.2, 0.25) is 0 Å². The van der Waals surface area contributed by atoms with Gasteiger partial charge in [-0.05, 0) is 31.1 Å². The molecule has 3 N–H and O–H groups in total. The van der Waals surface area contributed by atoms with E-state index in [-0.39, 0.29) is 18.8 Å². The molecule has 316 valence electrons. The molecule has 62 heavy (non-hydrogen) atoms. The van der Waals surface area contributed by atoms with Crippen LogP contribution in [0.4, 0.5) is 65.9 Å². The zero-order valence-corrected chi connectivity index (χ0v) is 29.7. The molecule has 0 amide bonds. The lowest BCUT2D eigenvalue weighted by Crippen LogP contribution is -2.13. The standard InChI is InChI=1S/C40H13F15N4O3/c41-23-20(24(42)30(48)35(53)29(23)47)17-12-1-3-14(56-12)18(21-25(43)31(49)36(54)32(50)26(21)44)38-9(6-60)5-16(58-38)39-10(7-61)11(8-62)40(59-39)19(15-4-2-13(17)57-15)22-27(45)33(51)37(55)34(52)28(22)46/h1,3,5-8,60-62H,2,4H2/b9-6+,10-7+,11-8+,17-13?,18-14?,40-19?. The lowest BCUT2D eigenvalue weighted by molar-refractivity contribution is 0.376. The molecule has 5 aliphatic rings. The van der Waals surface area contributed by atoms with E-state index < -0.39 is 196 Å². The second kappa shape index (κ2) is 14.7. The normalized spacial score (nSPS) is 19.3. The number of halogens is 15. The van der Waals surface area contributed by atoms with E-state index in [1.54, 1.807) is 0 Å². The summed E-state index contributed by atoms with van der Waals surface area (Å²) >= 11 is 0. The van der Waals surface area contributed by atoms with Gasteiger partial charge >= 0.3 is 0 Å². The van der Waals surface area contributed by atoms with Crippen LogP contribution >= 0.6 is 0 Å². The van der Waals surface area contributed by atoms with E-state index in [4.69, 9.17) is 0 Å². The van der Waals surface area contributed by atoms with Crippen LogP contribution in [0, 0.1) is 87.3 Å². The maximum atomic E-state index is 15.8. The first-order valence-corrected chi connectivity index (χ1v) is 17.0. The molecule has 8 rings (SSSR count). The van der Waals surface area contributed by atoms with Gasteiger partial charge in [0, 0.05) is 33.4 Å². The van der Waals surface area contributed by atoms with E-state index in [1.807, 2.05) is 0 Å². The molecule has 5 aliphatic heterocycles. The van der Waals surface area contributed by atoms with Gasteiger partial charge in [-0.1, -0.05) is 0 Å². The Hall–Kier alpha value is -7.39. The van der Waals surface area contributed by atoms with Crippen LogP contribution in [0.1, 0.15) is 29.5 Å². The highest BCUT2D eigenvalue weighted by Gasteiger charge is 2.41. The van der Waals surface area contributed by atoms with Gasteiger partial charge in [0.05, 0.1) is 75.4 Å². The molecule has 0 fully saturated rings. The third-order valence-corrected chi connectivity index (χ3v) is 9.91. The van der Waals surface area contributed by atoms with E-state index in [2.05, 4.69) is 20.0 Å². The molecular formula is C40H13F15N4O3. The number of nitrogens with zero attached hydrogens (tertiary/aromatic N) is 4. The third kappa shape index (κ3) is 5.71. The van der Waals surface area contributed by atoms with Crippen molar-refractivity contribution in [2.45, 2.75) is 12.8 Å². The van der Waals surface area contributed by atoms with Gasteiger partial charge in [-0.25, -0.2) is 80.8 Å². The number of allylic oxidation sites excluding steroid dienone is 10. The maximum absolute atomic E-state index is 15.8. The first-order valence-electron chi connectivity index (χ1n) is 17.0. The van der Waals surface area contributed by atoms with Crippen LogP contribution in [0.15, 0.2) is 96.5 Å². The predicted octanol–water partition coefficient (Wildman–Crippen LogP) is 10.7. The molecule has 7 nitrogen and oxygen atoms in total. The molecule has 3 aromatic carbocycles. The molecule has 0 saturated carbocycles. The van der Waals surface area contributed by atoms with Crippen LogP contribution in [0.25, 0.3) is 16.7 Å². The Bertz CT molecular complexity index is 3000.